The van der Waals surface area contributed by atoms with Gasteiger partial charge >= 0.3 is 6.09 Å². The van der Waals surface area contributed by atoms with E-state index < -0.39 is 11.7 Å². The molecule has 0 bridgehead atoms. The molecule has 8 rings (SSSR count). The zero-order chi connectivity index (χ0) is 67.2. The molecule has 0 aliphatic rings. The molecule has 7 N–H and O–H groups in total. The number of nitrogens with one attached hydrogen (secondary N) is 3. The molecule has 0 spiro atoms. The first-order valence-corrected chi connectivity index (χ1v) is 30.9. The number of anilines is 2. The Kier molecular flexibility index (Phi) is 26.4. The van der Waals surface area contributed by atoms with Gasteiger partial charge in [-0.2, -0.15) is 0 Å². The molecule has 0 fully saturated rings. The van der Waals surface area contributed by atoms with Crippen molar-refractivity contribution in [3.63, 3.8) is 0 Å². The van der Waals surface area contributed by atoms with Gasteiger partial charge in [0, 0.05) is 94.8 Å². The van der Waals surface area contributed by atoms with Crippen LogP contribution >= 0.6 is 0 Å². The molecule has 20 heteroatoms. The molecule has 0 saturated carbocycles. The molecular formula is C73H86N10O10. The highest BCUT2D eigenvalue weighted by molar-refractivity contribution is 6.05. The minimum absolute atomic E-state index is 0.0635. The fourth-order valence-electron chi connectivity index (χ4n) is 10.4. The first kappa shape index (κ1) is 71.2. The van der Waals surface area contributed by atoms with E-state index in [0.29, 0.717) is 79.0 Å². The van der Waals surface area contributed by atoms with Gasteiger partial charge in [-0.25, -0.2) is 4.79 Å². The summed E-state index contributed by atoms with van der Waals surface area (Å²) in [6.07, 6.45) is 6.44. The third-order valence-corrected chi connectivity index (χ3v) is 15.6. The Morgan fingerprint density at radius 1 is 0.452 bits per heavy atom. The molecule has 93 heavy (non-hydrogen) atoms. The first-order chi connectivity index (χ1) is 44.6. The zero-order valence-corrected chi connectivity index (χ0v) is 54.6. The maximum absolute atomic E-state index is 13.3. The minimum Gasteiger partial charge on any atom is -0.444 e. The summed E-state index contributed by atoms with van der Waals surface area (Å²) in [5, 5.41) is 45.7. The van der Waals surface area contributed by atoms with Crippen molar-refractivity contribution in [2.45, 2.75) is 93.1 Å². The molecular weight excluding hydrogens is 1180 g/mol. The van der Waals surface area contributed by atoms with Gasteiger partial charge in [-0.1, -0.05) is 84.9 Å². The fourth-order valence-corrected chi connectivity index (χ4v) is 10.4. The monoisotopic (exact) mass is 1260 g/mol. The summed E-state index contributed by atoms with van der Waals surface area (Å²) >= 11 is 0. The van der Waals surface area contributed by atoms with E-state index in [2.05, 4.69) is 35.9 Å². The van der Waals surface area contributed by atoms with Crippen LogP contribution in [0.4, 0.5) is 16.2 Å². The van der Waals surface area contributed by atoms with Gasteiger partial charge in [0.25, 0.3) is 11.8 Å². The van der Waals surface area contributed by atoms with E-state index >= 15 is 0 Å². The van der Waals surface area contributed by atoms with Crippen LogP contribution in [-0.2, 0) is 43.8 Å². The van der Waals surface area contributed by atoms with E-state index in [1.807, 2.05) is 143 Å². The summed E-state index contributed by atoms with van der Waals surface area (Å²) in [6.45, 7) is 17.0. The number of likely N-dealkylation sites (N-methyl/N-ethyl adjacent to an activating group) is 2. The van der Waals surface area contributed by atoms with Crippen LogP contribution in [0, 0.1) is 27.7 Å². The van der Waals surface area contributed by atoms with Gasteiger partial charge in [-0.05, 0) is 177 Å². The van der Waals surface area contributed by atoms with Crippen molar-refractivity contribution in [2.75, 3.05) is 77.3 Å². The molecule has 0 saturated heterocycles. The van der Waals surface area contributed by atoms with Crippen molar-refractivity contribution in [3.05, 3.63) is 225 Å². The predicted molar refractivity (Wildman–Crippen MR) is 361 cm³/mol. The lowest BCUT2D eigenvalue weighted by Gasteiger charge is -2.27. The number of benzene rings is 4. The SMILES string of the molecule is Cc1c(CC(=O)c2ccc(CN(CCO)C(=O)OC(C)(C)C)cn2)cccc1-c1cccc(NC(=O)c2ccc(CN(C)CCO)cn2)c1C.Cc1c(CC(=O)c2ccc(CNCCO)cn2)cccc1-c1cccc(NC(=O)c2ccc(CN(C)CCO)cn2)c1C. The van der Waals surface area contributed by atoms with Gasteiger partial charge in [0.15, 0.2) is 11.6 Å². The number of aliphatic hydroxyl groups excluding tert-OH is 4. The maximum atomic E-state index is 13.3. The van der Waals surface area contributed by atoms with Crippen molar-refractivity contribution in [3.8, 4) is 22.3 Å². The number of hydrogen-bond acceptors (Lipinski definition) is 17. The van der Waals surface area contributed by atoms with Crippen LogP contribution in [0.15, 0.2) is 146 Å². The van der Waals surface area contributed by atoms with Gasteiger partial charge in [0.1, 0.15) is 28.4 Å². The molecule has 3 amide bonds. The topological polar surface area (TPSA) is 273 Å². The van der Waals surface area contributed by atoms with Crippen molar-refractivity contribution in [2.24, 2.45) is 0 Å². The van der Waals surface area contributed by atoms with Gasteiger partial charge < -0.3 is 46.0 Å². The van der Waals surface area contributed by atoms with Crippen LogP contribution in [0.5, 0.6) is 0 Å². The summed E-state index contributed by atoms with van der Waals surface area (Å²) in [5.74, 6) is -0.825. The highest BCUT2D eigenvalue weighted by Gasteiger charge is 2.24. The number of ketones is 2. The molecule has 20 nitrogen and oxygen atoms in total. The molecule has 4 aromatic heterocycles. The number of Topliss-reactive ketones (excluding diaryl/α,β-unsaturated/α-hetero) is 2. The third kappa shape index (κ3) is 20.6. The lowest BCUT2D eigenvalue weighted by atomic mass is 9.91. The van der Waals surface area contributed by atoms with Crippen LogP contribution in [0.2, 0.25) is 0 Å². The number of pyridine rings is 4. The molecule has 8 aromatic rings. The Hall–Kier alpha value is -9.25. The van der Waals surface area contributed by atoms with Crippen molar-refractivity contribution in [1.82, 2.24) is 40.0 Å². The van der Waals surface area contributed by atoms with E-state index in [0.717, 1.165) is 72.3 Å². The van der Waals surface area contributed by atoms with E-state index in [9.17, 15) is 29.1 Å². The molecule has 4 heterocycles. The van der Waals surface area contributed by atoms with Crippen LogP contribution in [0.3, 0.4) is 0 Å². The average molecular weight is 1260 g/mol. The second kappa shape index (κ2) is 34.4. The molecule has 0 unspecified atom stereocenters. The van der Waals surface area contributed by atoms with Gasteiger partial charge in [0.05, 0.1) is 33.0 Å². The number of hydrogen-bond donors (Lipinski definition) is 7. The molecule has 0 aliphatic carbocycles. The van der Waals surface area contributed by atoms with Crippen LogP contribution in [0.1, 0.15) is 118 Å². The number of aromatic nitrogens is 4. The van der Waals surface area contributed by atoms with Gasteiger partial charge in [-0.3, -0.25) is 48.9 Å². The molecule has 0 atom stereocenters. The maximum Gasteiger partial charge on any atom is 0.410 e. The predicted octanol–water partition coefficient (Wildman–Crippen LogP) is 9.54. The zero-order valence-electron chi connectivity index (χ0n) is 54.6. The molecule has 0 aliphatic heterocycles. The van der Waals surface area contributed by atoms with Crippen LogP contribution < -0.4 is 16.0 Å². The smallest absolute Gasteiger partial charge is 0.410 e. The van der Waals surface area contributed by atoms with E-state index in [1.165, 1.54) is 4.90 Å². The van der Waals surface area contributed by atoms with Gasteiger partial charge in [0.2, 0.25) is 0 Å². The summed E-state index contributed by atoms with van der Waals surface area (Å²) in [6, 6.07) is 37.4. The lowest BCUT2D eigenvalue weighted by Crippen LogP contribution is -2.38. The Bertz CT molecular complexity index is 3820. The second-order valence-corrected chi connectivity index (χ2v) is 23.9. The quantitative estimate of drug-likeness (QED) is 0.0178. The number of carbonyl (C=O) groups excluding carboxylic acids is 5. The summed E-state index contributed by atoms with van der Waals surface area (Å²) in [4.78, 5) is 88.0. The standard InChI is InChI=1S/C39H47N5O6.C34H39N5O4/c1-26-30(21-36(47)34-15-13-29(23-40-34)25-44(18-20-46)38(49)50-39(3,4)5)9-7-10-31(26)32-11-8-12-33(27(32)2)42-37(48)35-16-14-28(22-41-35)24-43(6)17-19-45;1-23-27(18-33(42)31-12-10-25(20-36-31)19-35-14-16-40)6-4-7-28(23)29-8-5-9-30(24(29)2)38-34(43)32-13-11-26(21-37-32)22-39(3)15-17-41/h7-16,22-23,45-46H,17-21,24-25H2,1-6H3,(H,42,48);4-13,20-21,35,40-41H,14-19,22H2,1-3H3,(H,38,43). The molecule has 0 radical (unpaired) electrons. The van der Waals surface area contributed by atoms with E-state index in [-0.39, 0.29) is 75.7 Å². The Labute approximate surface area is 544 Å². The normalized spacial score (nSPS) is 11.3. The van der Waals surface area contributed by atoms with Crippen molar-refractivity contribution < 1.29 is 49.1 Å². The van der Waals surface area contributed by atoms with Crippen LogP contribution in [-0.4, -0.2) is 157 Å². The van der Waals surface area contributed by atoms with E-state index in [4.69, 9.17) is 20.1 Å². The summed E-state index contributed by atoms with van der Waals surface area (Å²) in [7, 11) is 3.82. The Balaban J connectivity index is 0.000000266. The number of carbonyl (C=O) groups is 5. The number of amides is 3. The third-order valence-electron chi connectivity index (χ3n) is 15.6. The fraction of sp³-hybridized carbons (Fsp3) is 0.329. The van der Waals surface area contributed by atoms with E-state index in [1.54, 1.807) is 75.9 Å². The molecule has 488 valence electrons. The average Bonchev–Trinajstić information content (AvgIpc) is 0.845. The number of aliphatic hydroxyl groups is 4. The number of ether oxygens (including phenoxy) is 1. The van der Waals surface area contributed by atoms with Gasteiger partial charge in [-0.15, -0.1) is 0 Å². The van der Waals surface area contributed by atoms with Crippen molar-refractivity contribution in [1.29, 1.82) is 0 Å². The molecule has 4 aromatic carbocycles. The first-order valence-electron chi connectivity index (χ1n) is 30.9. The summed E-state index contributed by atoms with van der Waals surface area (Å²) < 4.78 is 5.45. The minimum atomic E-state index is -0.669. The lowest BCUT2D eigenvalue weighted by molar-refractivity contribution is 0.0201. The Morgan fingerprint density at radius 3 is 1.20 bits per heavy atom. The highest BCUT2D eigenvalue weighted by Crippen LogP contribution is 2.35. The Morgan fingerprint density at radius 2 is 0.828 bits per heavy atom. The van der Waals surface area contributed by atoms with Crippen molar-refractivity contribution >= 4 is 40.8 Å². The summed E-state index contributed by atoms with van der Waals surface area (Å²) in [5.41, 5.74) is 14.9. The second-order valence-electron chi connectivity index (χ2n) is 23.9. The number of rotatable bonds is 28. The van der Waals surface area contributed by atoms with Crippen LogP contribution in [0.25, 0.3) is 22.3 Å². The highest BCUT2D eigenvalue weighted by atomic mass is 16.6. The largest absolute Gasteiger partial charge is 0.444 e. The number of nitrogens with zero attached hydrogens (tertiary/aromatic N) is 7.